The summed E-state index contributed by atoms with van der Waals surface area (Å²) in [4.78, 5) is 7.10. The third-order valence-corrected chi connectivity index (χ3v) is 4.50. The molecule has 0 saturated carbocycles. The molecular formula is C18H36IN3O4. The van der Waals surface area contributed by atoms with Crippen LogP contribution in [-0.2, 0) is 18.9 Å². The molecule has 1 N–H and O–H groups in total. The lowest BCUT2D eigenvalue weighted by atomic mass is 10.1. The van der Waals surface area contributed by atoms with E-state index in [1.807, 2.05) is 0 Å². The van der Waals surface area contributed by atoms with Gasteiger partial charge in [0.05, 0.1) is 25.9 Å². The van der Waals surface area contributed by atoms with Gasteiger partial charge in [-0.05, 0) is 32.6 Å². The third-order valence-electron chi connectivity index (χ3n) is 4.50. The zero-order chi connectivity index (χ0) is 17.7. The van der Waals surface area contributed by atoms with Crippen molar-refractivity contribution in [1.29, 1.82) is 0 Å². The van der Waals surface area contributed by atoms with Crippen molar-refractivity contribution in [1.82, 2.24) is 10.2 Å². The van der Waals surface area contributed by atoms with Crippen molar-refractivity contribution < 1.29 is 18.9 Å². The number of nitrogens with zero attached hydrogens (tertiary/aromatic N) is 2. The quantitative estimate of drug-likeness (QED) is 0.221. The molecule has 0 spiro atoms. The highest BCUT2D eigenvalue weighted by atomic mass is 127. The Hall–Kier alpha value is -0.160. The Bertz CT molecular complexity index is 381. The average molecular weight is 485 g/mol. The van der Waals surface area contributed by atoms with Crippen LogP contribution < -0.4 is 5.32 Å². The summed E-state index contributed by atoms with van der Waals surface area (Å²) in [6.07, 6.45) is 4.71. The zero-order valence-corrected chi connectivity index (χ0v) is 18.6. The molecule has 2 atom stereocenters. The van der Waals surface area contributed by atoms with Crippen molar-refractivity contribution in [3.8, 4) is 0 Å². The first-order chi connectivity index (χ1) is 12.3. The maximum atomic E-state index is 5.93. The lowest BCUT2D eigenvalue weighted by Gasteiger charge is -2.37. The molecule has 2 rings (SSSR count). The summed E-state index contributed by atoms with van der Waals surface area (Å²) < 4.78 is 22.2. The summed E-state index contributed by atoms with van der Waals surface area (Å²) in [5, 5.41) is 3.41. The topological polar surface area (TPSA) is 64.6 Å². The second kappa shape index (κ2) is 14.8. The summed E-state index contributed by atoms with van der Waals surface area (Å²) in [5.74, 6) is 0.995. The van der Waals surface area contributed by atoms with Crippen LogP contribution >= 0.6 is 24.0 Å². The number of nitrogens with one attached hydrogen (secondary N) is 1. The van der Waals surface area contributed by atoms with Gasteiger partial charge in [0, 0.05) is 46.5 Å². The molecule has 0 aromatic heterocycles. The minimum Gasteiger partial charge on any atom is -0.382 e. The van der Waals surface area contributed by atoms with Crippen molar-refractivity contribution >= 4 is 29.9 Å². The predicted molar refractivity (Wildman–Crippen MR) is 114 cm³/mol. The molecule has 0 aromatic rings. The van der Waals surface area contributed by atoms with E-state index in [2.05, 4.69) is 17.1 Å². The summed E-state index contributed by atoms with van der Waals surface area (Å²) in [6.45, 7) is 9.25. The van der Waals surface area contributed by atoms with E-state index in [9.17, 15) is 0 Å². The maximum Gasteiger partial charge on any atom is 0.194 e. The SMILES string of the molecule is CCNC(=NCCCCOCCOC)N1CCOC(C2CCCO2)C1.I. The molecule has 0 bridgehead atoms. The Kier molecular flexibility index (Phi) is 13.6. The van der Waals surface area contributed by atoms with Crippen molar-refractivity contribution in [3.05, 3.63) is 0 Å². The number of aliphatic imine (C=N–C) groups is 1. The second-order valence-electron chi connectivity index (χ2n) is 6.45. The van der Waals surface area contributed by atoms with E-state index in [1.165, 1.54) is 0 Å². The Balaban J connectivity index is 0.00000338. The highest BCUT2D eigenvalue weighted by Gasteiger charge is 2.32. The van der Waals surface area contributed by atoms with Gasteiger partial charge in [0.1, 0.15) is 6.10 Å². The Morgan fingerprint density at radius 1 is 1.15 bits per heavy atom. The molecule has 2 heterocycles. The molecular weight excluding hydrogens is 449 g/mol. The van der Waals surface area contributed by atoms with Gasteiger partial charge in [0.25, 0.3) is 0 Å². The molecule has 0 aromatic carbocycles. The standard InChI is InChI=1S/C18H35N3O4.HI/c1-3-19-18(20-8-4-5-10-23-14-13-22-2)21-9-12-25-17(15-21)16-7-6-11-24-16;/h16-17H,3-15H2,1-2H3,(H,19,20);1H. The monoisotopic (exact) mass is 485 g/mol. The number of ether oxygens (including phenoxy) is 4. The van der Waals surface area contributed by atoms with Crippen molar-refractivity contribution in [2.75, 3.05) is 66.3 Å². The summed E-state index contributed by atoms with van der Waals surface area (Å²) in [6, 6.07) is 0. The van der Waals surface area contributed by atoms with Gasteiger partial charge in [-0.25, -0.2) is 0 Å². The molecule has 2 unspecified atom stereocenters. The Labute approximate surface area is 175 Å². The van der Waals surface area contributed by atoms with Crippen molar-refractivity contribution in [2.24, 2.45) is 4.99 Å². The minimum absolute atomic E-state index is 0. The lowest BCUT2D eigenvalue weighted by Crippen LogP contribution is -2.53. The summed E-state index contributed by atoms with van der Waals surface area (Å²) in [5.41, 5.74) is 0. The molecule has 154 valence electrons. The number of methoxy groups -OCH3 is 1. The molecule has 7 nitrogen and oxygen atoms in total. The van der Waals surface area contributed by atoms with Crippen molar-refractivity contribution in [2.45, 2.75) is 44.8 Å². The number of hydrogen-bond donors (Lipinski definition) is 1. The molecule has 8 heteroatoms. The zero-order valence-electron chi connectivity index (χ0n) is 16.3. The van der Waals surface area contributed by atoms with Crippen LogP contribution in [0.1, 0.15) is 32.6 Å². The van der Waals surface area contributed by atoms with Crippen LogP contribution in [0.25, 0.3) is 0 Å². The number of hydrogen-bond acceptors (Lipinski definition) is 5. The first-order valence-electron chi connectivity index (χ1n) is 9.68. The highest BCUT2D eigenvalue weighted by molar-refractivity contribution is 14.0. The van der Waals surface area contributed by atoms with Crippen LogP contribution in [0.2, 0.25) is 0 Å². The first kappa shape index (κ1) is 23.9. The van der Waals surface area contributed by atoms with Gasteiger partial charge < -0.3 is 29.2 Å². The van der Waals surface area contributed by atoms with Gasteiger partial charge in [-0.1, -0.05) is 0 Å². The van der Waals surface area contributed by atoms with Gasteiger partial charge in [0.2, 0.25) is 0 Å². The largest absolute Gasteiger partial charge is 0.382 e. The van der Waals surface area contributed by atoms with E-state index < -0.39 is 0 Å². The third kappa shape index (κ3) is 8.69. The molecule has 0 aliphatic carbocycles. The van der Waals surface area contributed by atoms with Crippen LogP contribution in [-0.4, -0.2) is 89.4 Å². The number of morpholine rings is 1. The second-order valence-corrected chi connectivity index (χ2v) is 6.45. The molecule has 26 heavy (non-hydrogen) atoms. The van der Waals surface area contributed by atoms with E-state index in [1.54, 1.807) is 7.11 Å². The number of unbranched alkanes of at least 4 members (excludes halogenated alkanes) is 1. The van der Waals surface area contributed by atoms with E-state index in [-0.39, 0.29) is 36.2 Å². The van der Waals surface area contributed by atoms with E-state index in [4.69, 9.17) is 23.9 Å². The van der Waals surface area contributed by atoms with Gasteiger partial charge in [-0.3, -0.25) is 4.99 Å². The van der Waals surface area contributed by atoms with Crippen LogP contribution in [0.5, 0.6) is 0 Å². The predicted octanol–water partition coefficient (Wildman–Crippen LogP) is 1.89. The minimum atomic E-state index is 0. The van der Waals surface area contributed by atoms with Gasteiger partial charge >= 0.3 is 0 Å². The van der Waals surface area contributed by atoms with Crippen LogP contribution in [0.15, 0.2) is 4.99 Å². The highest BCUT2D eigenvalue weighted by Crippen LogP contribution is 2.21. The van der Waals surface area contributed by atoms with E-state index in [0.717, 1.165) is 77.6 Å². The molecule has 2 aliphatic rings. The van der Waals surface area contributed by atoms with Gasteiger partial charge in [0.15, 0.2) is 5.96 Å². The molecule has 2 saturated heterocycles. The fourth-order valence-corrected chi connectivity index (χ4v) is 3.16. The van der Waals surface area contributed by atoms with Gasteiger partial charge in [-0.2, -0.15) is 0 Å². The molecule has 2 aliphatic heterocycles. The molecule has 0 amide bonds. The van der Waals surface area contributed by atoms with Crippen LogP contribution in [0.3, 0.4) is 0 Å². The fourth-order valence-electron chi connectivity index (χ4n) is 3.16. The maximum absolute atomic E-state index is 5.93. The summed E-state index contributed by atoms with van der Waals surface area (Å²) >= 11 is 0. The molecule has 2 fully saturated rings. The number of rotatable bonds is 10. The average Bonchev–Trinajstić information content (AvgIpc) is 3.18. The first-order valence-corrected chi connectivity index (χ1v) is 9.68. The van der Waals surface area contributed by atoms with Crippen LogP contribution in [0, 0.1) is 0 Å². The molecule has 0 radical (unpaired) electrons. The number of guanidine groups is 1. The fraction of sp³-hybridized carbons (Fsp3) is 0.944. The summed E-state index contributed by atoms with van der Waals surface area (Å²) in [7, 11) is 1.69. The Morgan fingerprint density at radius 3 is 2.73 bits per heavy atom. The van der Waals surface area contributed by atoms with Crippen LogP contribution in [0.4, 0.5) is 0 Å². The van der Waals surface area contributed by atoms with E-state index in [0.29, 0.717) is 13.2 Å². The van der Waals surface area contributed by atoms with E-state index >= 15 is 0 Å². The Morgan fingerprint density at radius 2 is 2.00 bits per heavy atom. The van der Waals surface area contributed by atoms with Crippen molar-refractivity contribution in [3.63, 3.8) is 0 Å². The van der Waals surface area contributed by atoms with Gasteiger partial charge in [-0.15, -0.1) is 24.0 Å². The normalized spacial score (nSPS) is 23.8. The number of halogens is 1. The smallest absolute Gasteiger partial charge is 0.194 e. The lowest BCUT2D eigenvalue weighted by molar-refractivity contribution is -0.0817.